The third-order valence-corrected chi connectivity index (χ3v) is 3.48. The molecule has 94 valence electrons. The second kappa shape index (κ2) is 5.63. The van der Waals surface area contributed by atoms with Crippen LogP contribution in [0.2, 0.25) is 0 Å². The van der Waals surface area contributed by atoms with Gasteiger partial charge < -0.3 is 5.32 Å². The topological polar surface area (TPSA) is 37.8 Å². The molecule has 0 saturated heterocycles. The third-order valence-electron chi connectivity index (χ3n) is 2.80. The van der Waals surface area contributed by atoms with E-state index in [1.54, 1.807) is 17.5 Å². The number of thiazole rings is 1. The van der Waals surface area contributed by atoms with E-state index in [1.165, 1.54) is 11.1 Å². The summed E-state index contributed by atoms with van der Waals surface area (Å²) >= 11 is 1.60. The summed E-state index contributed by atoms with van der Waals surface area (Å²) in [7, 11) is 0. The molecule has 2 heterocycles. The van der Waals surface area contributed by atoms with Gasteiger partial charge in [0.15, 0.2) is 5.13 Å². The van der Waals surface area contributed by atoms with E-state index >= 15 is 0 Å². The van der Waals surface area contributed by atoms with Crippen LogP contribution < -0.4 is 5.32 Å². The van der Waals surface area contributed by atoms with Gasteiger partial charge in [0.05, 0.1) is 0 Å². The van der Waals surface area contributed by atoms with Crippen molar-refractivity contribution < 1.29 is 0 Å². The molecule has 0 aliphatic carbocycles. The Labute approximate surface area is 116 Å². The summed E-state index contributed by atoms with van der Waals surface area (Å²) in [5.41, 5.74) is 3.62. The van der Waals surface area contributed by atoms with E-state index < -0.39 is 0 Å². The van der Waals surface area contributed by atoms with Crippen LogP contribution in [-0.2, 0) is 6.42 Å². The van der Waals surface area contributed by atoms with Crippen LogP contribution in [0.1, 0.15) is 11.1 Å². The molecule has 0 aliphatic rings. The van der Waals surface area contributed by atoms with Gasteiger partial charge in [-0.25, -0.2) is 4.98 Å². The lowest BCUT2D eigenvalue weighted by Crippen LogP contribution is -1.91. The Morgan fingerprint density at radius 3 is 2.32 bits per heavy atom. The van der Waals surface area contributed by atoms with Crippen LogP contribution in [-0.4, -0.2) is 9.97 Å². The standard InChI is InChI=1S/C15H13N3S/c1-3-14(18-15-17-9-10-19-15)4-2-12(1)11-13-5-7-16-8-6-13/h1-10H,11H2,(H,17,18). The molecule has 4 heteroatoms. The SMILES string of the molecule is c1cc(Cc2ccc(Nc3nccs3)cc2)ccn1. The number of nitrogens with zero attached hydrogens (tertiary/aromatic N) is 2. The Bertz CT molecular complexity index is 618. The van der Waals surface area contributed by atoms with Crippen molar-refractivity contribution in [3.8, 4) is 0 Å². The van der Waals surface area contributed by atoms with Gasteiger partial charge in [-0.05, 0) is 41.8 Å². The first-order valence-electron chi connectivity index (χ1n) is 6.04. The Balaban J connectivity index is 1.69. The van der Waals surface area contributed by atoms with Crippen molar-refractivity contribution in [1.29, 1.82) is 0 Å². The largest absolute Gasteiger partial charge is 0.332 e. The Morgan fingerprint density at radius 1 is 0.895 bits per heavy atom. The molecule has 3 rings (SSSR count). The predicted octanol–water partition coefficient (Wildman–Crippen LogP) is 3.87. The maximum Gasteiger partial charge on any atom is 0.187 e. The minimum atomic E-state index is 0.918. The van der Waals surface area contributed by atoms with Crippen LogP contribution in [0, 0.1) is 0 Å². The number of benzene rings is 1. The van der Waals surface area contributed by atoms with Crippen molar-refractivity contribution >= 4 is 22.2 Å². The third kappa shape index (κ3) is 3.17. The van der Waals surface area contributed by atoms with Gasteiger partial charge in [0, 0.05) is 29.7 Å². The lowest BCUT2D eigenvalue weighted by Gasteiger charge is -2.05. The van der Waals surface area contributed by atoms with Crippen LogP contribution in [0.25, 0.3) is 0 Å². The molecule has 0 saturated carbocycles. The molecule has 0 radical (unpaired) electrons. The molecule has 3 nitrogen and oxygen atoms in total. The highest BCUT2D eigenvalue weighted by Gasteiger charge is 1.99. The average molecular weight is 267 g/mol. The molecule has 0 spiro atoms. The number of hydrogen-bond acceptors (Lipinski definition) is 4. The predicted molar refractivity (Wildman–Crippen MR) is 78.9 cm³/mol. The summed E-state index contributed by atoms with van der Waals surface area (Å²) in [6.45, 7) is 0. The molecule has 0 amide bonds. The normalized spacial score (nSPS) is 10.3. The van der Waals surface area contributed by atoms with Gasteiger partial charge in [-0.2, -0.15) is 0 Å². The fourth-order valence-corrected chi connectivity index (χ4v) is 2.40. The number of pyridine rings is 1. The fraction of sp³-hybridized carbons (Fsp3) is 0.0667. The number of rotatable bonds is 4. The molecule has 19 heavy (non-hydrogen) atoms. The number of nitrogens with one attached hydrogen (secondary N) is 1. The van der Waals surface area contributed by atoms with Crippen molar-refractivity contribution in [3.05, 3.63) is 71.5 Å². The second-order valence-electron chi connectivity index (χ2n) is 4.19. The summed E-state index contributed by atoms with van der Waals surface area (Å²) in [6.07, 6.45) is 6.38. The first-order valence-corrected chi connectivity index (χ1v) is 6.92. The zero-order valence-corrected chi connectivity index (χ0v) is 11.1. The molecule has 2 aromatic heterocycles. The van der Waals surface area contributed by atoms with Crippen LogP contribution in [0.5, 0.6) is 0 Å². The minimum absolute atomic E-state index is 0.918. The van der Waals surface area contributed by atoms with E-state index in [4.69, 9.17) is 0 Å². The van der Waals surface area contributed by atoms with Crippen LogP contribution in [0.4, 0.5) is 10.8 Å². The smallest absolute Gasteiger partial charge is 0.187 e. The molecule has 1 N–H and O–H groups in total. The van der Waals surface area contributed by atoms with E-state index in [0.717, 1.165) is 17.2 Å². The van der Waals surface area contributed by atoms with Crippen LogP contribution >= 0.6 is 11.3 Å². The van der Waals surface area contributed by atoms with Crippen molar-refractivity contribution in [2.75, 3.05) is 5.32 Å². The minimum Gasteiger partial charge on any atom is -0.332 e. The molecule has 0 aliphatic heterocycles. The summed E-state index contributed by atoms with van der Waals surface area (Å²) < 4.78 is 0. The van der Waals surface area contributed by atoms with Gasteiger partial charge in [0.1, 0.15) is 0 Å². The average Bonchev–Trinajstić information content (AvgIpc) is 2.95. The molecular formula is C15H13N3S. The maximum atomic E-state index is 4.20. The van der Waals surface area contributed by atoms with E-state index in [1.807, 2.05) is 29.9 Å². The zero-order valence-electron chi connectivity index (χ0n) is 10.3. The Kier molecular flexibility index (Phi) is 3.51. The van der Waals surface area contributed by atoms with E-state index in [0.29, 0.717) is 0 Å². The first-order chi connectivity index (χ1) is 9.40. The number of aromatic nitrogens is 2. The summed E-state index contributed by atoms with van der Waals surface area (Å²) in [5, 5.41) is 6.15. The van der Waals surface area contributed by atoms with E-state index in [9.17, 15) is 0 Å². The molecule has 0 bridgehead atoms. The maximum absolute atomic E-state index is 4.20. The quantitative estimate of drug-likeness (QED) is 0.779. The fourth-order valence-electron chi connectivity index (χ4n) is 1.85. The molecule has 1 aromatic carbocycles. The van der Waals surface area contributed by atoms with Gasteiger partial charge in [-0.1, -0.05) is 12.1 Å². The van der Waals surface area contributed by atoms with Gasteiger partial charge in [-0.15, -0.1) is 11.3 Å². The van der Waals surface area contributed by atoms with Crippen LogP contribution in [0.3, 0.4) is 0 Å². The van der Waals surface area contributed by atoms with E-state index in [2.05, 4.69) is 39.6 Å². The molecular weight excluding hydrogens is 254 g/mol. The van der Waals surface area contributed by atoms with Crippen molar-refractivity contribution in [2.45, 2.75) is 6.42 Å². The zero-order chi connectivity index (χ0) is 12.9. The summed E-state index contributed by atoms with van der Waals surface area (Å²) in [5.74, 6) is 0. The van der Waals surface area contributed by atoms with Gasteiger partial charge in [0.25, 0.3) is 0 Å². The molecule has 0 fully saturated rings. The van der Waals surface area contributed by atoms with Crippen LogP contribution in [0.15, 0.2) is 60.4 Å². The van der Waals surface area contributed by atoms with Gasteiger partial charge >= 0.3 is 0 Å². The second-order valence-corrected chi connectivity index (χ2v) is 5.09. The van der Waals surface area contributed by atoms with Crippen molar-refractivity contribution in [3.63, 3.8) is 0 Å². The van der Waals surface area contributed by atoms with Crippen molar-refractivity contribution in [1.82, 2.24) is 9.97 Å². The highest BCUT2D eigenvalue weighted by molar-refractivity contribution is 7.13. The Morgan fingerprint density at radius 2 is 1.63 bits per heavy atom. The monoisotopic (exact) mass is 267 g/mol. The molecule has 3 aromatic rings. The highest BCUT2D eigenvalue weighted by Crippen LogP contribution is 2.19. The highest BCUT2D eigenvalue weighted by atomic mass is 32.1. The summed E-state index contributed by atoms with van der Waals surface area (Å²) in [6, 6.07) is 12.5. The lowest BCUT2D eigenvalue weighted by molar-refractivity contribution is 1.16. The number of anilines is 2. The molecule has 0 atom stereocenters. The first kappa shape index (κ1) is 11.9. The Hall–Kier alpha value is -2.20. The number of hydrogen-bond donors (Lipinski definition) is 1. The lowest BCUT2D eigenvalue weighted by atomic mass is 10.1. The van der Waals surface area contributed by atoms with Gasteiger partial charge in [-0.3, -0.25) is 4.98 Å². The van der Waals surface area contributed by atoms with Crippen molar-refractivity contribution in [2.24, 2.45) is 0 Å². The summed E-state index contributed by atoms with van der Waals surface area (Å²) in [4.78, 5) is 8.23. The van der Waals surface area contributed by atoms with E-state index in [-0.39, 0.29) is 0 Å². The molecule has 0 unspecified atom stereocenters. The van der Waals surface area contributed by atoms with Gasteiger partial charge in [0.2, 0.25) is 0 Å².